The number of amides is 1. The number of carbonyl (C=O) groups is 2. The summed E-state index contributed by atoms with van der Waals surface area (Å²) in [5, 5.41) is 11.3. The van der Waals surface area contributed by atoms with Crippen LogP contribution in [0.5, 0.6) is 5.75 Å². The molecule has 2 rings (SSSR count). The minimum atomic E-state index is -1.05. The van der Waals surface area contributed by atoms with Crippen molar-refractivity contribution in [2.45, 2.75) is 25.4 Å². The van der Waals surface area contributed by atoms with E-state index in [2.05, 4.69) is 5.32 Å². The van der Waals surface area contributed by atoms with E-state index in [4.69, 9.17) is 19.3 Å². The van der Waals surface area contributed by atoms with Gasteiger partial charge in [-0.15, -0.1) is 0 Å². The highest BCUT2D eigenvalue weighted by Crippen LogP contribution is 2.17. The lowest BCUT2D eigenvalue weighted by Crippen LogP contribution is -2.25. The Hall–Kier alpha value is -2.12. The molecule has 23 heavy (non-hydrogen) atoms. The molecule has 1 aromatic carbocycles. The Labute approximate surface area is 134 Å². The zero-order chi connectivity index (χ0) is 16.5. The van der Waals surface area contributed by atoms with Gasteiger partial charge in [0.15, 0.2) is 6.61 Å². The molecule has 1 fully saturated rings. The van der Waals surface area contributed by atoms with E-state index in [0.717, 1.165) is 12.8 Å². The third-order valence-electron chi connectivity index (χ3n) is 3.33. The number of ether oxygens (including phenoxy) is 3. The lowest BCUT2D eigenvalue weighted by Gasteiger charge is -2.22. The fourth-order valence-corrected chi connectivity index (χ4v) is 2.19. The summed E-state index contributed by atoms with van der Waals surface area (Å²) < 4.78 is 16.0. The average molecular weight is 323 g/mol. The van der Waals surface area contributed by atoms with Crippen LogP contribution in [-0.2, 0) is 19.1 Å². The van der Waals surface area contributed by atoms with Crippen LogP contribution < -0.4 is 10.1 Å². The first-order valence-corrected chi connectivity index (χ1v) is 7.57. The van der Waals surface area contributed by atoms with Crippen molar-refractivity contribution in [3.8, 4) is 5.75 Å². The highest BCUT2D eigenvalue weighted by molar-refractivity contribution is 5.90. The van der Waals surface area contributed by atoms with E-state index in [1.807, 2.05) is 0 Å². The molecular formula is C16H21NO6. The first kappa shape index (κ1) is 17.2. The second kappa shape index (κ2) is 9.12. The maximum Gasteiger partial charge on any atom is 0.341 e. The highest BCUT2D eigenvalue weighted by atomic mass is 16.5. The molecule has 0 bridgehead atoms. The predicted molar refractivity (Wildman–Crippen MR) is 82.6 cm³/mol. The largest absolute Gasteiger partial charge is 0.482 e. The van der Waals surface area contributed by atoms with Crippen LogP contribution in [0.2, 0.25) is 0 Å². The average Bonchev–Trinajstić information content (AvgIpc) is 2.54. The molecule has 1 heterocycles. The van der Waals surface area contributed by atoms with Gasteiger partial charge in [-0.2, -0.15) is 0 Å². The molecule has 0 spiro atoms. The Morgan fingerprint density at radius 2 is 2.09 bits per heavy atom. The van der Waals surface area contributed by atoms with Gasteiger partial charge in [-0.3, -0.25) is 4.79 Å². The van der Waals surface area contributed by atoms with Gasteiger partial charge in [0, 0.05) is 25.0 Å². The van der Waals surface area contributed by atoms with Gasteiger partial charge in [0.1, 0.15) is 5.75 Å². The summed E-state index contributed by atoms with van der Waals surface area (Å²) in [4.78, 5) is 22.3. The highest BCUT2D eigenvalue weighted by Gasteiger charge is 2.14. The van der Waals surface area contributed by atoms with Crippen molar-refractivity contribution in [3.05, 3.63) is 24.3 Å². The summed E-state index contributed by atoms with van der Waals surface area (Å²) in [6, 6.07) is 6.61. The molecule has 1 amide bonds. The molecule has 0 atom stereocenters. The molecular weight excluding hydrogens is 302 g/mol. The second-order valence-corrected chi connectivity index (χ2v) is 5.19. The smallest absolute Gasteiger partial charge is 0.341 e. The number of nitrogens with one attached hydrogen (secondary N) is 1. The zero-order valence-electron chi connectivity index (χ0n) is 12.8. The van der Waals surface area contributed by atoms with Gasteiger partial charge in [0.05, 0.1) is 19.1 Å². The molecule has 1 aromatic rings. The maximum atomic E-state index is 11.9. The Bertz CT molecular complexity index is 527. The van der Waals surface area contributed by atoms with Gasteiger partial charge < -0.3 is 24.6 Å². The van der Waals surface area contributed by atoms with Crippen molar-refractivity contribution in [3.63, 3.8) is 0 Å². The van der Waals surface area contributed by atoms with Gasteiger partial charge in [0.25, 0.3) is 0 Å². The molecule has 126 valence electrons. The van der Waals surface area contributed by atoms with Crippen LogP contribution in [0, 0.1) is 0 Å². The number of aliphatic carboxylic acids is 1. The first-order valence-electron chi connectivity index (χ1n) is 7.57. The van der Waals surface area contributed by atoms with E-state index in [9.17, 15) is 9.59 Å². The van der Waals surface area contributed by atoms with Crippen molar-refractivity contribution in [2.24, 2.45) is 0 Å². The Kier molecular flexibility index (Phi) is 6.83. The van der Waals surface area contributed by atoms with Crippen LogP contribution in [0.25, 0.3) is 0 Å². The van der Waals surface area contributed by atoms with Crippen LogP contribution in [-0.4, -0.2) is 49.5 Å². The number of hydrogen-bond donors (Lipinski definition) is 2. The van der Waals surface area contributed by atoms with E-state index in [1.165, 1.54) is 0 Å². The molecule has 7 nitrogen and oxygen atoms in total. The fourth-order valence-electron chi connectivity index (χ4n) is 2.19. The number of carbonyl (C=O) groups excluding carboxylic acids is 1. The van der Waals surface area contributed by atoms with Crippen LogP contribution >= 0.6 is 0 Å². The number of hydrogen-bond acceptors (Lipinski definition) is 5. The number of anilines is 1. The summed E-state index contributed by atoms with van der Waals surface area (Å²) in [5.41, 5.74) is 0.559. The van der Waals surface area contributed by atoms with Crippen molar-refractivity contribution >= 4 is 17.6 Å². The Morgan fingerprint density at radius 3 is 2.83 bits per heavy atom. The van der Waals surface area contributed by atoms with E-state index in [-0.39, 0.29) is 18.4 Å². The molecule has 7 heteroatoms. The summed E-state index contributed by atoms with van der Waals surface area (Å²) in [6.07, 6.45) is 2.16. The van der Waals surface area contributed by atoms with Crippen molar-refractivity contribution in [2.75, 3.05) is 31.7 Å². The maximum absolute atomic E-state index is 11.9. The summed E-state index contributed by atoms with van der Waals surface area (Å²) in [5.74, 6) is -0.819. The summed E-state index contributed by atoms with van der Waals surface area (Å²) in [7, 11) is 0. The zero-order valence-corrected chi connectivity index (χ0v) is 12.8. The van der Waals surface area contributed by atoms with Crippen LogP contribution in [0.1, 0.15) is 19.3 Å². The second-order valence-electron chi connectivity index (χ2n) is 5.19. The lowest BCUT2D eigenvalue weighted by molar-refractivity contribution is -0.139. The van der Waals surface area contributed by atoms with E-state index < -0.39 is 12.6 Å². The number of carboxylic acid groups (broad SMARTS) is 1. The van der Waals surface area contributed by atoms with E-state index in [0.29, 0.717) is 31.3 Å². The van der Waals surface area contributed by atoms with Crippen molar-refractivity contribution < 1.29 is 28.9 Å². The molecule has 1 aliphatic rings. The molecule has 1 aliphatic heterocycles. The van der Waals surface area contributed by atoms with Crippen LogP contribution in [0.3, 0.4) is 0 Å². The van der Waals surface area contributed by atoms with Gasteiger partial charge in [-0.25, -0.2) is 4.79 Å². The molecule has 0 radical (unpaired) electrons. The quantitative estimate of drug-likeness (QED) is 0.756. The Morgan fingerprint density at radius 1 is 1.30 bits per heavy atom. The molecule has 0 aliphatic carbocycles. The Balaban J connectivity index is 1.71. The molecule has 0 saturated carbocycles. The first-order chi connectivity index (χ1) is 11.1. The molecule has 1 saturated heterocycles. The summed E-state index contributed by atoms with van der Waals surface area (Å²) in [6.45, 7) is 1.36. The van der Waals surface area contributed by atoms with Gasteiger partial charge in [-0.1, -0.05) is 6.07 Å². The third kappa shape index (κ3) is 6.66. The third-order valence-corrected chi connectivity index (χ3v) is 3.33. The monoisotopic (exact) mass is 323 g/mol. The fraction of sp³-hybridized carbons (Fsp3) is 0.500. The SMILES string of the molecule is O=C(O)COc1cccc(NC(=O)CCOC2CCOCC2)c1. The molecule has 0 unspecified atom stereocenters. The van der Waals surface area contributed by atoms with E-state index >= 15 is 0 Å². The summed E-state index contributed by atoms with van der Waals surface area (Å²) >= 11 is 0. The van der Waals surface area contributed by atoms with Crippen LogP contribution in [0.15, 0.2) is 24.3 Å². The molecule has 2 N–H and O–H groups in total. The number of rotatable bonds is 8. The molecule has 0 aromatic heterocycles. The standard InChI is InChI=1S/C16H21NO6/c18-15(6-9-22-13-4-7-21-8-5-13)17-12-2-1-3-14(10-12)23-11-16(19)20/h1-3,10,13H,4-9,11H2,(H,17,18)(H,19,20). The normalized spacial score (nSPS) is 15.1. The number of carboxylic acids is 1. The van der Waals surface area contributed by atoms with Gasteiger partial charge in [-0.05, 0) is 25.0 Å². The lowest BCUT2D eigenvalue weighted by atomic mass is 10.1. The minimum Gasteiger partial charge on any atom is -0.482 e. The van der Waals surface area contributed by atoms with Gasteiger partial charge in [0.2, 0.25) is 5.91 Å². The van der Waals surface area contributed by atoms with Crippen LogP contribution in [0.4, 0.5) is 5.69 Å². The predicted octanol–water partition coefficient (Wildman–Crippen LogP) is 1.67. The number of benzene rings is 1. The topological polar surface area (TPSA) is 94.1 Å². The van der Waals surface area contributed by atoms with Gasteiger partial charge >= 0.3 is 5.97 Å². The van der Waals surface area contributed by atoms with E-state index in [1.54, 1.807) is 24.3 Å². The van der Waals surface area contributed by atoms with Crippen molar-refractivity contribution in [1.82, 2.24) is 0 Å². The minimum absolute atomic E-state index is 0.160. The van der Waals surface area contributed by atoms with Crippen molar-refractivity contribution in [1.29, 1.82) is 0 Å².